The van der Waals surface area contributed by atoms with Gasteiger partial charge in [0.1, 0.15) is 34.7 Å². The first-order valence-electron chi connectivity index (χ1n) is 18.7. The molecule has 8 N–H and O–H groups in total. The Balaban J connectivity index is 1.81. The normalized spacial score (nSPS) is 14.2. The lowest BCUT2D eigenvalue weighted by Crippen LogP contribution is -2.41. The highest BCUT2D eigenvalue weighted by molar-refractivity contribution is 8.01. The number of aliphatic hydroxyl groups excluding tert-OH is 4. The fraction of sp³-hybridized carbons (Fsp3) is 0.200. The Morgan fingerprint density at radius 1 is 0.500 bits per heavy atom. The molecule has 6 rings (SSSR count). The van der Waals surface area contributed by atoms with Gasteiger partial charge in [0, 0.05) is 28.1 Å². The molecule has 4 unspecified atom stereocenters. The van der Waals surface area contributed by atoms with Crippen molar-refractivity contribution in [3.63, 3.8) is 0 Å². The quantitative estimate of drug-likeness (QED) is 0.0378. The number of hydrogen-bond donors (Lipinski definition) is 8. The third kappa shape index (κ3) is 10.3. The fourth-order valence-corrected chi connectivity index (χ4v) is 8.64. The maximum absolute atomic E-state index is 13.7. The van der Waals surface area contributed by atoms with Crippen LogP contribution in [0, 0.1) is 0 Å². The molecule has 22 heteroatoms. The largest absolute Gasteiger partial charge is 0.374 e. The Kier molecular flexibility index (Phi) is 13.5. The molecule has 0 saturated heterocycles. The second kappa shape index (κ2) is 18.6. The van der Waals surface area contributed by atoms with Gasteiger partial charge in [0.15, 0.2) is 11.6 Å². The van der Waals surface area contributed by atoms with Gasteiger partial charge in [-0.05, 0) is 57.5 Å². The first kappa shape index (κ1) is 45.0. The fourth-order valence-electron chi connectivity index (χ4n) is 6.43. The molecule has 0 radical (unpaired) electrons. The maximum atomic E-state index is 13.7. The Morgan fingerprint density at radius 2 is 0.903 bits per heavy atom. The van der Waals surface area contributed by atoms with Crippen LogP contribution in [-0.4, -0.2) is 101 Å². The lowest BCUT2D eigenvalue weighted by atomic mass is 9.98. The van der Waals surface area contributed by atoms with Crippen LogP contribution in [0.1, 0.15) is 38.8 Å². The van der Waals surface area contributed by atoms with E-state index in [0.29, 0.717) is 11.4 Å². The summed E-state index contributed by atoms with van der Waals surface area (Å²) in [5.74, 6) is -1.80. The van der Waals surface area contributed by atoms with Gasteiger partial charge in [0.25, 0.3) is 20.2 Å². The number of nitrogens with zero attached hydrogens (tertiary/aromatic N) is 8. The van der Waals surface area contributed by atoms with E-state index in [4.69, 9.17) is 0 Å². The molecule has 2 heterocycles. The van der Waals surface area contributed by atoms with E-state index in [1.54, 1.807) is 60.7 Å². The molecule has 2 aromatic heterocycles. The van der Waals surface area contributed by atoms with Gasteiger partial charge in [-0.25, -0.2) is 0 Å². The van der Waals surface area contributed by atoms with Gasteiger partial charge >= 0.3 is 0 Å². The van der Waals surface area contributed by atoms with Crippen LogP contribution in [-0.2, 0) is 20.2 Å². The molecular formula is C40H42N10O10S2. The number of anilines is 6. The molecule has 0 amide bonds. The van der Waals surface area contributed by atoms with Crippen molar-refractivity contribution in [2.75, 3.05) is 20.4 Å². The average molecular weight is 887 g/mol. The van der Waals surface area contributed by atoms with Crippen molar-refractivity contribution in [1.82, 2.24) is 29.9 Å². The SMILES string of the molecule is CC(O)N(c1nc(Nc2ccccc2)nc(-c2cccc(C(=C(c3ccccc3)S(=O)(=O)O)S(=O)(=O)O)c2-c2nc(Nc3ccccc3)nc(N(C(C)O)C(C)O)n2)n1)C(C)O. The first-order chi connectivity index (χ1) is 29.3. The summed E-state index contributed by atoms with van der Waals surface area (Å²) in [4.78, 5) is 26.7. The molecule has 324 valence electrons. The van der Waals surface area contributed by atoms with Crippen LogP contribution in [0.4, 0.5) is 35.2 Å². The molecule has 0 spiro atoms. The first-order valence-corrected chi connectivity index (χ1v) is 21.6. The highest BCUT2D eigenvalue weighted by atomic mass is 32.2. The zero-order chi connectivity index (χ0) is 44.9. The van der Waals surface area contributed by atoms with Gasteiger partial charge in [-0.15, -0.1) is 0 Å². The van der Waals surface area contributed by atoms with Crippen LogP contribution >= 0.6 is 0 Å². The van der Waals surface area contributed by atoms with Crippen molar-refractivity contribution in [3.05, 3.63) is 120 Å². The van der Waals surface area contributed by atoms with Crippen molar-refractivity contribution in [2.45, 2.75) is 52.6 Å². The molecule has 0 aliphatic rings. The van der Waals surface area contributed by atoms with E-state index in [2.05, 4.69) is 40.5 Å². The van der Waals surface area contributed by atoms with Gasteiger partial charge in [0.05, 0.1) is 0 Å². The zero-order valence-electron chi connectivity index (χ0n) is 33.4. The number of benzene rings is 4. The molecule has 6 aromatic rings. The predicted octanol–water partition coefficient (Wildman–Crippen LogP) is 4.45. The number of aromatic nitrogens is 6. The molecule has 4 atom stereocenters. The molecule has 0 aliphatic carbocycles. The van der Waals surface area contributed by atoms with Gasteiger partial charge in [-0.1, -0.05) is 84.9 Å². The second-order valence-corrected chi connectivity index (χ2v) is 16.3. The Bertz CT molecular complexity index is 2770. The highest BCUT2D eigenvalue weighted by Gasteiger charge is 2.35. The van der Waals surface area contributed by atoms with E-state index in [1.807, 2.05) is 0 Å². The third-order valence-corrected chi connectivity index (χ3v) is 10.9. The van der Waals surface area contributed by atoms with Crippen LogP contribution in [0.2, 0.25) is 0 Å². The van der Waals surface area contributed by atoms with Crippen LogP contribution in [0.15, 0.2) is 109 Å². The molecule has 0 saturated carbocycles. The maximum Gasteiger partial charge on any atom is 0.296 e. The summed E-state index contributed by atoms with van der Waals surface area (Å²) < 4.78 is 75.8. The number of aliphatic hydroxyl groups is 4. The minimum absolute atomic E-state index is 0.149. The number of para-hydroxylation sites is 2. The number of hydrogen-bond acceptors (Lipinski definition) is 18. The molecule has 62 heavy (non-hydrogen) atoms. The summed E-state index contributed by atoms with van der Waals surface area (Å²) in [6, 6.07) is 27.6. The van der Waals surface area contributed by atoms with E-state index in [9.17, 15) is 46.4 Å². The predicted molar refractivity (Wildman–Crippen MR) is 232 cm³/mol. The van der Waals surface area contributed by atoms with E-state index in [1.165, 1.54) is 70.2 Å². The number of nitrogens with one attached hydrogen (secondary N) is 2. The van der Waals surface area contributed by atoms with E-state index in [0.717, 1.165) is 15.9 Å². The molecule has 4 aromatic carbocycles. The standard InChI is InChI=1S/C40H42N10O10S2/c1-23(51)49(24(2)52)39-45-35(43-37(47-39)41-28-17-10-6-11-18-28)31-22-14-21-30(34(62(58,59)60)33(61(55,56)57)27-15-8-5-9-16-27)32(31)36-44-38(42-29-19-12-7-13-20-29)48-40(46-36)50(25(3)53)26(4)54/h5-26,51-54H,1-4H3,(H,55,56,57)(H,58,59,60)(H,41,43,45,47)(H,42,44,46,48). The Hall–Kier alpha value is -6.50. The minimum Gasteiger partial charge on any atom is -0.374 e. The van der Waals surface area contributed by atoms with Gasteiger partial charge in [-0.2, -0.15) is 46.7 Å². The van der Waals surface area contributed by atoms with Crippen molar-refractivity contribution in [2.24, 2.45) is 0 Å². The monoisotopic (exact) mass is 886 g/mol. The van der Waals surface area contributed by atoms with E-state index >= 15 is 0 Å². The summed E-state index contributed by atoms with van der Waals surface area (Å²) in [6.07, 6.45) is -5.65. The van der Waals surface area contributed by atoms with Crippen molar-refractivity contribution >= 4 is 65.2 Å². The topological polar surface area (TPSA) is 298 Å². The van der Waals surface area contributed by atoms with E-state index < -0.39 is 71.9 Å². The Labute approximate surface area is 356 Å². The molecule has 0 aliphatic heterocycles. The van der Waals surface area contributed by atoms with Gasteiger partial charge in [-0.3, -0.25) is 18.9 Å². The molecule has 0 fully saturated rings. The van der Waals surface area contributed by atoms with Crippen molar-refractivity contribution in [3.8, 4) is 22.8 Å². The summed E-state index contributed by atoms with van der Waals surface area (Å²) in [5.41, 5.74) is -0.541. The van der Waals surface area contributed by atoms with Gasteiger partial charge < -0.3 is 31.1 Å². The third-order valence-electron chi connectivity index (χ3n) is 8.91. The van der Waals surface area contributed by atoms with Crippen LogP contribution < -0.4 is 20.4 Å². The molecular weight excluding hydrogens is 845 g/mol. The summed E-state index contributed by atoms with van der Waals surface area (Å²) >= 11 is 0. The smallest absolute Gasteiger partial charge is 0.296 e. The highest BCUT2D eigenvalue weighted by Crippen LogP contribution is 2.43. The summed E-state index contributed by atoms with van der Waals surface area (Å²) in [6.45, 7) is 5.33. The van der Waals surface area contributed by atoms with E-state index in [-0.39, 0.29) is 40.7 Å². The lowest BCUT2D eigenvalue weighted by Gasteiger charge is -2.29. The summed E-state index contributed by atoms with van der Waals surface area (Å²) in [7, 11) is -11.2. The Morgan fingerprint density at radius 3 is 1.32 bits per heavy atom. The van der Waals surface area contributed by atoms with Crippen molar-refractivity contribution < 1.29 is 46.4 Å². The van der Waals surface area contributed by atoms with Crippen LogP contribution in [0.3, 0.4) is 0 Å². The zero-order valence-corrected chi connectivity index (χ0v) is 35.0. The van der Waals surface area contributed by atoms with Crippen LogP contribution in [0.25, 0.3) is 32.6 Å². The van der Waals surface area contributed by atoms with Crippen LogP contribution in [0.5, 0.6) is 0 Å². The van der Waals surface area contributed by atoms with Crippen molar-refractivity contribution in [1.29, 1.82) is 0 Å². The lowest BCUT2D eigenvalue weighted by molar-refractivity contribution is 0.102. The number of rotatable bonds is 16. The second-order valence-electron chi connectivity index (χ2n) is 13.6. The minimum atomic E-state index is -5.66. The van der Waals surface area contributed by atoms with Gasteiger partial charge in [0.2, 0.25) is 23.8 Å². The summed E-state index contributed by atoms with van der Waals surface area (Å²) in [5, 5.41) is 49.2. The molecule has 0 bridgehead atoms. The average Bonchev–Trinajstić information content (AvgIpc) is 3.19. The molecule has 20 nitrogen and oxygen atoms in total.